The van der Waals surface area contributed by atoms with E-state index in [4.69, 9.17) is 4.74 Å². The lowest BCUT2D eigenvalue weighted by atomic mass is 10.2. The third-order valence-electron chi connectivity index (χ3n) is 4.90. The fourth-order valence-corrected chi connectivity index (χ4v) is 3.54. The van der Waals surface area contributed by atoms with Crippen LogP contribution in [0, 0.1) is 0 Å². The molecule has 0 atom stereocenters. The van der Waals surface area contributed by atoms with Gasteiger partial charge in [0.15, 0.2) is 0 Å². The maximum atomic E-state index is 12.5. The van der Waals surface area contributed by atoms with Crippen LogP contribution in [0.4, 0.5) is 11.4 Å². The predicted molar refractivity (Wildman–Crippen MR) is 101 cm³/mol. The largest absolute Gasteiger partial charge is 0.378 e. The summed E-state index contributed by atoms with van der Waals surface area (Å²) >= 11 is 0. The zero-order valence-corrected chi connectivity index (χ0v) is 15.2. The molecule has 1 N–H and O–H groups in total. The predicted octanol–water partition coefficient (Wildman–Crippen LogP) is 1.49. The van der Waals surface area contributed by atoms with Gasteiger partial charge in [-0.1, -0.05) is 19.1 Å². The van der Waals surface area contributed by atoms with E-state index in [0.29, 0.717) is 6.54 Å². The van der Waals surface area contributed by atoms with E-state index in [9.17, 15) is 4.79 Å². The maximum absolute atomic E-state index is 12.5. The highest BCUT2D eigenvalue weighted by Crippen LogP contribution is 2.26. The molecule has 6 nitrogen and oxygen atoms in total. The average molecular weight is 346 g/mol. The van der Waals surface area contributed by atoms with Crippen molar-refractivity contribution in [2.45, 2.75) is 13.3 Å². The first-order chi connectivity index (χ1) is 12.3. The summed E-state index contributed by atoms with van der Waals surface area (Å²) in [6, 6.07) is 8.06. The maximum Gasteiger partial charge on any atom is 0.238 e. The standard InChI is InChI=1S/C19H30N4O2/c1-2-7-21-8-10-22(11-9-21)16-19(24)20-17-5-3-4-6-18(17)23-12-14-25-15-13-23/h3-6H,2,7-16H2,1H3,(H,20,24). The molecule has 0 unspecified atom stereocenters. The third kappa shape index (κ3) is 5.17. The Balaban J connectivity index is 1.53. The summed E-state index contributed by atoms with van der Waals surface area (Å²) in [7, 11) is 0. The molecule has 2 heterocycles. The molecule has 0 aliphatic carbocycles. The second kappa shape index (κ2) is 9.17. The van der Waals surface area contributed by atoms with Gasteiger partial charge in [0, 0.05) is 39.3 Å². The van der Waals surface area contributed by atoms with Crippen molar-refractivity contribution in [3.63, 3.8) is 0 Å². The normalized spacial score (nSPS) is 19.8. The molecule has 1 amide bonds. The number of carbonyl (C=O) groups excluding carboxylic acids is 1. The van der Waals surface area contributed by atoms with Crippen LogP contribution in [0.1, 0.15) is 13.3 Å². The van der Waals surface area contributed by atoms with Crippen molar-refractivity contribution in [1.29, 1.82) is 0 Å². The molecule has 2 aliphatic heterocycles. The fourth-order valence-electron chi connectivity index (χ4n) is 3.54. The second-order valence-corrected chi connectivity index (χ2v) is 6.78. The van der Waals surface area contributed by atoms with Crippen LogP contribution in [0.25, 0.3) is 0 Å². The van der Waals surface area contributed by atoms with Crippen LogP contribution in [-0.4, -0.2) is 81.3 Å². The first kappa shape index (κ1) is 18.2. The minimum Gasteiger partial charge on any atom is -0.378 e. The minimum absolute atomic E-state index is 0.0738. The lowest BCUT2D eigenvalue weighted by Crippen LogP contribution is -2.48. The number of anilines is 2. The summed E-state index contributed by atoms with van der Waals surface area (Å²) in [5.41, 5.74) is 1.99. The van der Waals surface area contributed by atoms with Crippen LogP contribution in [-0.2, 0) is 9.53 Å². The van der Waals surface area contributed by atoms with Crippen molar-refractivity contribution in [3.8, 4) is 0 Å². The number of benzene rings is 1. The van der Waals surface area contributed by atoms with Gasteiger partial charge in [-0.25, -0.2) is 0 Å². The number of hydrogen-bond acceptors (Lipinski definition) is 5. The van der Waals surface area contributed by atoms with Gasteiger partial charge < -0.3 is 19.9 Å². The number of amides is 1. The summed E-state index contributed by atoms with van der Waals surface area (Å²) in [5.74, 6) is 0.0738. The quantitative estimate of drug-likeness (QED) is 0.846. The molecule has 0 radical (unpaired) electrons. The first-order valence-electron chi connectivity index (χ1n) is 9.42. The van der Waals surface area contributed by atoms with Crippen LogP contribution < -0.4 is 10.2 Å². The van der Waals surface area contributed by atoms with Crippen LogP contribution in [0.5, 0.6) is 0 Å². The van der Waals surface area contributed by atoms with Gasteiger partial charge in [-0.05, 0) is 25.1 Å². The lowest BCUT2D eigenvalue weighted by molar-refractivity contribution is -0.117. The molecular weight excluding hydrogens is 316 g/mol. The molecule has 0 spiro atoms. The van der Waals surface area contributed by atoms with Gasteiger partial charge in [0.2, 0.25) is 5.91 Å². The summed E-state index contributed by atoms with van der Waals surface area (Å²) in [4.78, 5) is 19.5. The van der Waals surface area contributed by atoms with E-state index in [0.717, 1.165) is 70.4 Å². The molecule has 1 aromatic carbocycles. The van der Waals surface area contributed by atoms with Crippen molar-refractivity contribution in [2.24, 2.45) is 0 Å². The molecular formula is C19H30N4O2. The number of hydrogen-bond donors (Lipinski definition) is 1. The number of para-hydroxylation sites is 2. The van der Waals surface area contributed by atoms with E-state index < -0.39 is 0 Å². The average Bonchev–Trinajstić information content (AvgIpc) is 2.65. The summed E-state index contributed by atoms with van der Waals surface area (Å²) in [6.45, 7) is 11.1. The Labute approximate surface area is 150 Å². The molecule has 6 heteroatoms. The van der Waals surface area contributed by atoms with Crippen molar-refractivity contribution in [1.82, 2.24) is 9.80 Å². The number of piperazine rings is 1. The van der Waals surface area contributed by atoms with E-state index in [1.54, 1.807) is 0 Å². The van der Waals surface area contributed by atoms with Gasteiger partial charge in [0.05, 0.1) is 31.1 Å². The summed E-state index contributed by atoms with van der Waals surface area (Å²) in [5, 5.41) is 3.11. The number of rotatable bonds is 6. The van der Waals surface area contributed by atoms with Gasteiger partial charge in [0.1, 0.15) is 0 Å². The topological polar surface area (TPSA) is 48.0 Å². The zero-order chi connectivity index (χ0) is 17.5. The van der Waals surface area contributed by atoms with Crippen molar-refractivity contribution in [3.05, 3.63) is 24.3 Å². The van der Waals surface area contributed by atoms with Gasteiger partial charge in [0.25, 0.3) is 0 Å². The smallest absolute Gasteiger partial charge is 0.238 e. The zero-order valence-electron chi connectivity index (χ0n) is 15.2. The molecule has 0 aromatic heterocycles. The number of nitrogens with one attached hydrogen (secondary N) is 1. The second-order valence-electron chi connectivity index (χ2n) is 6.78. The Morgan fingerprint density at radius 2 is 1.72 bits per heavy atom. The molecule has 1 aromatic rings. The Bertz CT molecular complexity index is 552. The fraction of sp³-hybridized carbons (Fsp3) is 0.632. The monoisotopic (exact) mass is 346 g/mol. The van der Waals surface area contributed by atoms with E-state index in [1.807, 2.05) is 18.2 Å². The van der Waals surface area contributed by atoms with Crippen LogP contribution >= 0.6 is 0 Å². The van der Waals surface area contributed by atoms with Gasteiger partial charge >= 0.3 is 0 Å². The molecule has 138 valence electrons. The Morgan fingerprint density at radius 3 is 2.44 bits per heavy atom. The van der Waals surface area contributed by atoms with Gasteiger partial charge in [-0.3, -0.25) is 9.69 Å². The minimum atomic E-state index is 0.0738. The molecule has 2 fully saturated rings. The lowest BCUT2D eigenvalue weighted by Gasteiger charge is -2.34. The van der Waals surface area contributed by atoms with E-state index >= 15 is 0 Å². The van der Waals surface area contributed by atoms with E-state index in [2.05, 4.69) is 33.0 Å². The summed E-state index contributed by atoms with van der Waals surface area (Å²) in [6.07, 6.45) is 1.19. The number of nitrogens with zero attached hydrogens (tertiary/aromatic N) is 3. The Morgan fingerprint density at radius 1 is 1.04 bits per heavy atom. The van der Waals surface area contributed by atoms with Crippen molar-refractivity contribution < 1.29 is 9.53 Å². The van der Waals surface area contributed by atoms with Gasteiger partial charge in [-0.15, -0.1) is 0 Å². The molecule has 0 saturated carbocycles. The van der Waals surface area contributed by atoms with Gasteiger partial charge in [-0.2, -0.15) is 0 Å². The van der Waals surface area contributed by atoms with E-state index in [-0.39, 0.29) is 5.91 Å². The molecule has 3 rings (SSSR count). The van der Waals surface area contributed by atoms with Crippen LogP contribution in [0.2, 0.25) is 0 Å². The first-order valence-corrected chi connectivity index (χ1v) is 9.42. The molecule has 0 bridgehead atoms. The molecule has 2 aliphatic rings. The van der Waals surface area contributed by atoms with Crippen molar-refractivity contribution in [2.75, 3.05) is 75.8 Å². The number of carbonyl (C=O) groups is 1. The molecule has 25 heavy (non-hydrogen) atoms. The molecule has 2 saturated heterocycles. The van der Waals surface area contributed by atoms with Crippen LogP contribution in [0.3, 0.4) is 0 Å². The third-order valence-corrected chi connectivity index (χ3v) is 4.90. The number of morpholine rings is 1. The highest BCUT2D eigenvalue weighted by Gasteiger charge is 2.20. The van der Waals surface area contributed by atoms with Crippen LogP contribution in [0.15, 0.2) is 24.3 Å². The Kier molecular flexibility index (Phi) is 6.67. The Hall–Kier alpha value is -1.63. The highest BCUT2D eigenvalue weighted by atomic mass is 16.5. The SMILES string of the molecule is CCCN1CCN(CC(=O)Nc2ccccc2N2CCOCC2)CC1. The van der Waals surface area contributed by atoms with E-state index in [1.165, 1.54) is 6.42 Å². The highest BCUT2D eigenvalue weighted by molar-refractivity contribution is 5.95. The number of ether oxygens (including phenoxy) is 1. The summed E-state index contributed by atoms with van der Waals surface area (Å²) < 4.78 is 5.43. The van der Waals surface area contributed by atoms with Crippen molar-refractivity contribution >= 4 is 17.3 Å².